The smallest absolute Gasteiger partial charge is 0.408 e. The number of carbonyl (C=O) groups is 1. The van der Waals surface area contributed by atoms with Gasteiger partial charge in [-0.25, -0.2) is 23.5 Å². The summed E-state index contributed by atoms with van der Waals surface area (Å²) >= 11 is 0. The monoisotopic (exact) mass is 436 g/mol. The Bertz CT molecular complexity index is 869. The van der Waals surface area contributed by atoms with Gasteiger partial charge in [0.25, 0.3) is 0 Å². The summed E-state index contributed by atoms with van der Waals surface area (Å²) in [5, 5.41) is 23.8. The average Bonchev–Trinajstić information content (AvgIpc) is 2.65. The molecular formula is C22H30F2N4O3. The van der Waals surface area contributed by atoms with Gasteiger partial charge < -0.3 is 15.5 Å². The third-order valence-electron chi connectivity index (χ3n) is 4.81. The molecule has 0 saturated heterocycles. The lowest BCUT2D eigenvalue weighted by molar-refractivity contribution is 0.00764. The van der Waals surface area contributed by atoms with Gasteiger partial charge in [0.15, 0.2) is 0 Å². The van der Waals surface area contributed by atoms with Crippen LogP contribution in [0.1, 0.15) is 44.8 Å². The molecule has 0 radical (unpaired) electrons. The van der Waals surface area contributed by atoms with Crippen molar-refractivity contribution in [3.05, 3.63) is 59.2 Å². The zero-order chi connectivity index (χ0) is 23.2. The average molecular weight is 437 g/mol. The molecule has 7 nitrogen and oxygen atoms in total. The summed E-state index contributed by atoms with van der Waals surface area (Å²) in [6.45, 7) is 7.47. The molecule has 0 spiro atoms. The first-order valence-corrected chi connectivity index (χ1v) is 10.2. The highest BCUT2D eigenvalue weighted by Crippen LogP contribution is 2.23. The van der Waals surface area contributed by atoms with Crippen LogP contribution in [0.4, 0.5) is 13.6 Å². The molecule has 0 aliphatic carbocycles. The molecule has 1 aromatic carbocycles. The fourth-order valence-electron chi connectivity index (χ4n) is 3.49. The summed E-state index contributed by atoms with van der Waals surface area (Å²) in [5.41, 5.74) is 0.167. The Morgan fingerprint density at radius 2 is 1.87 bits per heavy atom. The lowest BCUT2D eigenvalue weighted by Gasteiger charge is -2.42. The zero-order valence-corrected chi connectivity index (χ0v) is 18.3. The molecule has 2 rings (SSSR count). The van der Waals surface area contributed by atoms with Crippen molar-refractivity contribution in [3.8, 4) is 0 Å². The second-order valence-electron chi connectivity index (χ2n) is 8.39. The highest BCUT2D eigenvalue weighted by atomic mass is 19.1. The van der Waals surface area contributed by atoms with Crippen LogP contribution in [0, 0.1) is 11.6 Å². The molecule has 3 N–H and O–H groups in total. The second kappa shape index (κ2) is 10.6. The standard InChI is InChI=1S/C22H30F2N4O3/c1-5-20-26-7-6-17(27-20)12-25-13-19(29)18(28(21(30)31)22(2,3)4)10-14-8-15(23)11-16(24)9-14/h6-9,11,18-19,25,29H,5,10,12-13H2,1-4H3,(H,30,31)/t18-,19+/m0/s1. The first-order chi connectivity index (χ1) is 14.5. The van der Waals surface area contributed by atoms with E-state index < -0.39 is 35.4 Å². The molecule has 1 amide bonds. The quantitative estimate of drug-likeness (QED) is 0.559. The fraction of sp³-hybridized carbons (Fsp3) is 0.500. The highest BCUT2D eigenvalue weighted by Gasteiger charge is 2.37. The van der Waals surface area contributed by atoms with Crippen LogP contribution in [0.2, 0.25) is 0 Å². The van der Waals surface area contributed by atoms with E-state index in [0.717, 1.165) is 28.8 Å². The maximum Gasteiger partial charge on any atom is 0.408 e. The van der Waals surface area contributed by atoms with Crippen molar-refractivity contribution in [1.29, 1.82) is 0 Å². The van der Waals surface area contributed by atoms with E-state index in [4.69, 9.17) is 0 Å². The van der Waals surface area contributed by atoms with E-state index >= 15 is 0 Å². The summed E-state index contributed by atoms with van der Waals surface area (Å²) < 4.78 is 27.3. The van der Waals surface area contributed by atoms with Crippen molar-refractivity contribution in [1.82, 2.24) is 20.2 Å². The van der Waals surface area contributed by atoms with Crippen molar-refractivity contribution < 1.29 is 23.8 Å². The van der Waals surface area contributed by atoms with Crippen LogP contribution in [0.15, 0.2) is 30.5 Å². The van der Waals surface area contributed by atoms with Crippen LogP contribution in [0.5, 0.6) is 0 Å². The number of rotatable bonds is 9. The van der Waals surface area contributed by atoms with Gasteiger partial charge in [-0.15, -0.1) is 0 Å². The minimum atomic E-state index is -1.23. The van der Waals surface area contributed by atoms with Gasteiger partial charge >= 0.3 is 6.09 Å². The Morgan fingerprint density at radius 1 is 1.23 bits per heavy atom. The molecule has 0 bridgehead atoms. The second-order valence-corrected chi connectivity index (χ2v) is 8.39. The van der Waals surface area contributed by atoms with Gasteiger partial charge in [-0.1, -0.05) is 6.92 Å². The normalized spacial score (nSPS) is 13.6. The summed E-state index contributed by atoms with van der Waals surface area (Å²) in [4.78, 5) is 21.7. The maximum atomic E-state index is 13.7. The molecule has 2 aromatic rings. The van der Waals surface area contributed by atoms with E-state index in [1.807, 2.05) is 6.92 Å². The Balaban J connectivity index is 2.20. The molecule has 9 heteroatoms. The van der Waals surface area contributed by atoms with Crippen LogP contribution >= 0.6 is 0 Å². The van der Waals surface area contributed by atoms with E-state index in [1.54, 1.807) is 33.0 Å². The SMILES string of the molecule is CCc1nccc(CNC[C@@H](O)[C@H](Cc2cc(F)cc(F)c2)N(C(=O)O)C(C)(C)C)n1. The first kappa shape index (κ1) is 24.6. The van der Waals surface area contributed by atoms with E-state index in [2.05, 4.69) is 15.3 Å². The van der Waals surface area contributed by atoms with Gasteiger partial charge in [0.1, 0.15) is 17.5 Å². The Kier molecular flexibility index (Phi) is 8.41. The van der Waals surface area contributed by atoms with Crippen LogP contribution in [-0.2, 0) is 19.4 Å². The summed E-state index contributed by atoms with van der Waals surface area (Å²) in [6, 6.07) is 3.87. The Hall–Kier alpha value is -2.65. The number of aromatic nitrogens is 2. The van der Waals surface area contributed by atoms with Crippen LogP contribution in [0.3, 0.4) is 0 Å². The Morgan fingerprint density at radius 3 is 2.42 bits per heavy atom. The van der Waals surface area contributed by atoms with Gasteiger partial charge in [0, 0.05) is 37.3 Å². The van der Waals surface area contributed by atoms with E-state index in [9.17, 15) is 23.8 Å². The number of nitrogens with one attached hydrogen (secondary N) is 1. The summed E-state index contributed by atoms with van der Waals surface area (Å²) in [6.07, 6.45) is -0.0473. The van der Waals surface area contributed by atoms with E-state index in [1.165, 1.54) is 0 Å². The number of aliphatic hydroxyl groups is 1. The fourth-order valence-corrected chi connectivity index (χ4v) is 3.49. The van der Waals surface area contributed by atoms with Crippen LogP contribution in [-0.4, -0.2) is 55.4 Å². The third kappa shape index (κ3) is 7.22. The van der Waals surface area contributed by atoms with Gasteiger partial charge in [-0.3, -0.25) is 4.90 Å². The topological polar surface area (TPSA) is 98.6 Å². The molecule has 0 unspecified atom stereocenters. The number of hydrogen-bond donors (Lipinski definition) is 3. The number of benzene rings is 1. The number of hydrogen-bond acceptors (Lipinski definition) is 5. The van der Waals surface area contributed by atoms with Gasteiger partial charge in [0.05, 0.1) is 17.8 Å². The van der Waals surface area contributed by atoms with Gasteiger partial charge in [-0.2, -0.15) is 0 Å². The van der Waals surface area contributed by atoms with Crippen molar-refractivity contribution in [2.24, 2.45) is 0 Å². The van der Waals surface area contributed by atoms with Crippen LogP contribution < -0.4 is 5.32 Å². The molecule has 0 aliphatic heterocycles. The molecular weight excluding hydrogens is 406 g/mol. The Labute approximate surface area is 181 Å². The minimum Gasteiger partial charge on any atom is -0.465 e. The number of halogens is 2. The zero-order valence-electron chi connectivity index (χ0n) is 18.3. The van der Waals surface area contributed by atoms with E-state index in [-0.39, 0.29) is 18.5 Å². The molecule has 170 valence electrons. The molecule has 1 heterocycles. The number of carboxylic acid groups (broad SMARTS) is 1. The third-order valence-corrected chi connectivity index (χ3v) is 4.81. The number of aliphatic hydroxyl groups excluding tert-OH is 1. The summed E-state index contributed by atoms with van der Waals surface area (Å²) in [7, 11) is 0. The molecule has 31 heavy (non-hydrogen) atoms. The van der Waals surface area contributed by atoms with Crippen LogP contribution in [0.25, 0.3) is 0 Å². The molecule has 0 fully saturated rings. The minimum absolute atomic E-state index is 0.0470. The first-order valence-electron chi connectivity index (χ1n) is 10.2. The molecule has 0 aliphatic rings. The molecule has 1 aromatic heterocycles. The molecule has 0 saturated carbocycles. The number of nitrogens with zero attached hydrogens (tertiary/aromatic N) is 3. The lowest BCUT2D eigenvalue weighted by Crippen LogP contribution is -2.58. The van der Waals surface area contributed by atoms with E-state index in [0.29, 0.717) is 18.8 Å². The predicted molar refractivity (Wildman–Crippen MR) is 113 cm³/mol. The summed E-state index contributed by atoms with van der Waals surface area (Å²) in [5.74, 6) is -0.806. The van der Waals surface area contributed by atoms with Crippen molar-refractivity contribution in [3.63, 3.8) is 0 Å². The lowest BCUT2D eigenvalue weighted by atomic mass is 9.94. The number of amides is 1. The predicted octanol–water partition coefficient (Wildman–Crippen LogP) is 3.16. The maximum absolute atomic E-state index is 13.7. The van der Waals surface area contributed by atoms with Gasteiger partial charge in [-0.05, 0) is 51.0 Å². The van der Waals surface area contributed by atoms with Crippen molar-refractivity contribution in [2.45, 2.75) is 64.8 Å². The molecule has 2 atom stereocenters. The largest absolute Gasteiger partial charge is 0.465 e. The van der Waals surface area contributed by atoms with Crippen molar-refractivity contribution in [2.75, 3.05) is 6.54 Å². The highest BCUT2D eigenvalue weighted by molar-refractivity contribution is 5.66. The number of aryl methyl sites for hydroxylation is 1. The van der Waals surface area contributed by atoms with Crippen molar-refractivity contribution >= 4 is 6.09 Å². The van der Waals surface area contributed by atoms with Gasteiger partial charge in [0.2, 0.25) is 0 Å².